The fourth-order valence-electron chi connectivity index (χ4n) is 3.44. The van der Waals surface area contributed by atoms with Gasteiger partial charge in [0.25, 0.3) is 5.69 Å². The van der Waals surface area contributed by atoms with Crippen LogP contribution in [0.4, 0.5) is 5.69 Å². The van der Waals surface area contributed by atoms with E-state index in [0.717, 1.165) is 9.13 Å². The van der Waals surface area contributed by atoms with Gasteiger partial charge in [-0.3, -0.25) is 10.1 Å². The van der Waals surface area contributed by atoms with Gasteiger partial charge in [-0.2, -0.15) is 0 Å². The third-order valence-corrected chi connectivity index (χ3v) is 6.20. The van der Waals surface area contributed by atoms with E-state index >= 15 is 0 Å². The summed E-state index contributed by atoms with van der Waals surface area (Å²) in [6.45, 7) is 4.16. The lowest BCUT2D eigenvalue weighted by Gasteiger charge is -2.14. The largest absolute Gasteiger partial charge is 0.490 e. The van der Waals surface area contributed by atoms with E-state index in [0.29, 0.717) is 46.4 Å². The number of nitro benzene ring substituents is 1. The number of esters is 1. The molecule has 0 atom stereocenters. The zero-order valence-electron chi connectivity index (χ0n) is 19.3. The number of nitro groups is 1. The molecule has 0 aliphatic carbocycles. The number of ether oxygens (including phenoxy) is 3. The molecule has 0 N–H and O–H groups in total. The zero-order chi connectivity index (χ0) is 25.8. The first-order valence-electron chi connectivity index (χ1n) is 10.9. The molecule has 0 bridgehead atoms. The molecule has 36 heavy (non-hydrogen) atoms. The van der Waals surface area contributed by atoms with Gasteiger partial charge in [0, 0.05) is 20.8 Å². The van der Waals surface area contributed by atoms with Crippen LogP contribution >= 0.6 is 34.2 Å². The number of carbonyl (C=O) groups excluding carboxylic acids is 1. The molecule has 0 radical (unpaired) electrons. The summed E-state index contributed by atoms with van der Waals surface area (Å²) in [5, 5.41) is 11.6. The Balaban J connectivity index is 1.62. The first-order chi connectivity index (χ1) is 17.2. The van der Waals surface area contributed by atoms with Crippen molar-refractivity contribution >= 4 is 57.8 Å². The average molecular weight is 619 g/mol. The molecule has 0 amide bonds. The summed E-state index contributed by atoms with van der Waals surface area (Å²) in [5.41, 5.74) is 2.30. The second-order valence-corrected chi connectivity index (χ2v) is 9.43. The Morgan fingerprint density at radius 2 is 1.89 bits per heavy atom. The third kappa shape index (κ3) is 5.85. The quantitative estimate of drug-likeness (QED) is 0.0942. The summed E-state index contributed by atoms with van der Waals surface area (Å²) >= 11 is 8.75. The molecular formula is C26H20ClIN2O6. The maximum absolute atomic E-state index is 12.5. The molecule has 0 unspecified atom stereocenters. The van der Waals surface area contributed by atoms with Crippen LogP contribution in [0, 0.1) is 20.6 Å². The lowest BCUT2D eigenvalue weighted by Crippen LogP contribution is -2.06. The molecule has 0 saturated heterocycles. The van der Waals surface area contributed by atoms with Gasteiger partial charge in [0.2, 0.25) is 5.90 Å². The number of halogens is 2. The molecule has 10 heteroatoms. The van der Waals surface area contributed by atoms with Crippen molar-refractivity contribution in [2.45, 2.75) is 20.5 Å². The number of hydrogen-bond acceptors (Lipinski definition) is 7. The molecule has 1 aliphatic heterocycles. The Morgan fingerprint density at radius 1 is 1.14 bits per heavy atom. The Hall–Kier alpha value is -3.44. The van der Waals surface area contributed by atoms with E-state index in [2.05, 4.69) is 27.6 Å². The highest BCUT2D eigenvalue weighted by Gasteiger charge is 2.26. The molecule has 3 aromatic carbocycles. The van der Waals surface area contributed by atoms with Crippen LogP contribution in [0.15, 0.2) is 65.3 Å². The monoisotopic (exact) mass is 618 g/mol. The number of aryl methyl sites for hydroxylation is 1. The van der Waals surface area contributed by atoms with Crippen molar-refractivity contribution in [2.75, 3.05) is 6.61 Å². The summed E-state index contributed by atoms with van der Waals surface area (Å²) in [4.78, 5) is 27.5. The predicted molar refractivity (Wildman–Crippen MR) is 145 cm³/mol. The molecule has 184 valence electrons. The second kappa shape index (κ2) is 11.1. The van der Waals surface area contributed by atoms with Crippen molar-refractivity contribution in [2.24, 2.45) is 4.99 Å². The van der Waals surface area contributed by atoms with Crippen molar-refractivity contribution in [3.8, 4) is 11.5 Å². The molecular weight excluding hydrogens is 599 g/mol. The summed E-state index contributed by atoms with van der Waals surface area (Å²) in [7, 11) is 0. The minimum Gasteiger partial charge on any atom is -0.490 e. The van der Waals surface area contributed by atoms with Crippen LogP contribution in [-0.4, -0.2) is 23.4 Å². The van der Waals surface area contributed by atoms with E-state index in [1.165, 1.54) is 12.1 Å². The normalized spacial score (nSPS) is 13.9. The van der Waals surface area contributed by atoms with Gasteiger partial charge in [-0.25, -0.2) is 9.79 Å². The van der Waals surface area contributed by atoms with E-state index < -0.39 is 10.9 Å². The van der Waals surface area contributed by atoms with Gasteiger partial charge in [0.15, 0.2) is 17.2 Å². The smallest absolute Gasteiger partial charge is 0.363 e. The minimum absolute atomic E-state index is 0.0112. The molecule has 8 nitrogen and oxygen atoms in total. The average Bonchev–Trinajstić information content (AvgIpc) is 3.20. The van der Waals surface area contributed by atoms with Crippen LogP contribution in [0.3, 0.4) is 0 Å². The number of hydrogen-bond donors (Lipinski definition) is 0. The molecule has 3 aromatic rings. The predicted octanol–water partition coefficient (Wildman–Crippen LogP) is 6.48. The van der Waals surface area contributed by atoms with Crippen LogP contribution in [0.5, 0.6) is 11.5 Å². The van der Waals surface area contributed by atoms with Gasteiger partial charge < -0.3 is 14.2 Å². The molecule has 0 spiro atoms. The van der Waals surface area contributed by atoms with Gasteiger partial charge >= 0.3 is 5.97 Å². The number of aliphatic imine (C=N–C) groups is 1. The van der Waals surface area contributed by atoms with E-state index in [-0.39, 0.29) is 17.3 Å². The molecule has 4 rings (SSSR count). The highest BCUT2D eigenvalue weighted by molar-refractivity contribution is 14.1. The number of benzene rings is 3. The molecule has 0 aromatic heterocycles. The highest BCUT2D eigenvalue weighted by Crippen LogP contribution is 2.38. The van der Waals surface area contributed by atoms with Gasteiger partial charge in [0.05, 0.1) is 16.6 Å². The Kier molecular flexibility index (Phi) is 7.90. The second-order valence-electron chi connectivity index (χ2n) is 7.77. The molecule has 1 aliphatic rings. The van der Waals surface area contributed by atoms with Crippen LogP contribution in [0.2, 0.25) is 5.02 Å². The molecule has 0 saturated carbocycles. The zero-order valence-corrected chi connectivity index (χ0v) is 22.2. The van der Waals surface area contributed by atoms with E-state index in [4.69, 9.17) is 25.8 Å². The number of carbonyl (C=O) groups is 1. The Morgan fingerprint density at radius 3 is 2.58 bits per heavy atom. The maximum atomic E-state index is 12.5. The fraction of sp³-hybridized carbons (Fsp3) is 0.154. The standard InChI is InChI=1S/C26H20ClIN2O6/c1-3-34-23-12-17(10-20(27)24(23)35-14-16-5-8-19(28)9-6-16)11-21-26(31)36-25(29-21)18-7-4-15(2)22(13-18)30(32)33/h4-13H,3,14H2,1-2H3/b21-11-. The van der Waals surface area contributed by atoms with Gasteiger partial charge in [0.1, 0.15) is 6.61 Å². The van der Waals surface area contributed by atoms with E-state index in [9.17, 15) is 14.9 Å². The molecule has 1 heterocycles. The summed E-state index contributed by atoms with van der Waals surface area (Å²) in [5.74, 6) is 0.126. The number of cyclic esters (lactones) is 1. The first-order valence-corrected chi connectivity index (χ1v) is 12.3. The van der Waals surface area contributed by atoms with Crippen molar-refractivity contribution in [3.63, 3.8) is 0 Å². The van der Waals surface area contributed by atoms with Crippen LogP contribution in [0.25, 0.3) is 6.08 Å². The third-order valence-electron chi connectivity index (χ3n) is 5.20. The van der Waals surface area contributed by atoms with Crippen LogP contribution < -0.4 is 9.47 Å². The van der Waals surface area contributed by atoms with Gasteiger partial charge in [-0.1, -0.05) is 29.8 Å². The van der Waals surface area contributed by atoms with Crippen molar-refractivity contribution < 1.29 is 23.9 Å². The topological polar surface area (TPSA) is 100 Å². The van der Waals surface area contributed by atoms with Crippen molar-refractivity contribution in [1.82, 2.24) is 0 Å². The van der Waals surface area contributed by atoms with Crippen LogP contribution in [0.1, 0.15) is 29.2 Å². The SMILES string of the molecule is CCOc1cc(/C=C2\N=C(c3ccc(C)c([N+](=O)[O-])c3)OC2=O)cc(Cl)c1OCc1ccc(I)cc1. The number of rotatable bonds is 8. The Labute approximate surface area is 225 Å². The van der Waals surface area contributed by atoms with Crippen LogP contribution in [-0.2, 0) is 16.1 Å². The van der Waals surface area contributed by atoms with Gasteiger partial charge in [-0.05, 0) is 84.0 Å². The summed E-state index contributed by atoms with van der Waals surface area (Å²) < 4.78 is 18.1. The van der Waals surface area contributed by atoms with Crippen molar-refractivity contribution in [1.29, 1.82) is 0 Å². The maximum Gasteiger partial charge on any atom is 0.363 e. The number of nitrogens with zero attached hydrogens (tertiary/aromatic N) is 2. The summed E-state index contributed by atoms with van der Waals surface area (Å²) in [6, 6.07) is 15.8. The Bertz CT molecular complexity index is 1400. The highest BCUT2D eigenvalue weighted by atomic mass is 127. The lowest BCUT2D eigenvalue weighted by molar-refractivity contribution is -0.385. The molecule has 0 fully saturated rings. The first kappa shape index (κ1) is 25.6. The lowest BCUT2D eigenvalue weighted by atomic mass is 10.1. The summed E-state index contributed by atoms with van der Waals surface area (Å²) in [6.07, 6.45) is 1.51. The van der Waals surface area contributed by atoms with Crippen molar-refractivity contribution in [3.05, 3.63) is 101 Å². The van der Waals surface area contributed by atoms with Gasteiger partial charge in [-0.15, -0.1) is 0 Å². The van der Waals surface area contributed by atoms with E-state index in [1.807, 2.05) is 31.2 Å². The fourth-order valence-corrected chi connectivity index (χ4v) is 4.07. The minimum atomic E-state index is -0.679. The van der Waals surface area contributed by atoms with E-state index in [1.54, 1.807) is 31.2 Å².